The molecule has 156 valence electrons. The smallest absolute Gasteiger partial charge is 0.270 e. The van der Waals surface area contributed by atoms with E-state index in [4.69, 9.17) is 22.1 Å². The molecule has 2 aliphatic rings. The van der Waals surface area contributed by atoms with E-state index in [1.807, 2.05) is 0 Å². The van der Waals surface area contributed by atoms with E-state index in [1.165, 1.54) is 44.6 Å². The first-order valence-electron chi connectivity index (χ1n) is 9.92. The lowest BCUT2D eigenvalue weighted by molar-refractivity contribution is 0.225. The Morgan fingerprint density at radius 3 is 2.59 bits per heavy atom. The summed E-state index contributed by atoms with van der Waals surface area (Å²) < 4.78 is 6.75. The summed E-state index contributed by atoms with van der Waals surface area (Å²) in [4.78, 5) is 24.9. The number of nitrogens with two attached hydrogens (primary N) is 1. The molecule has 7 nitrogen and oxygen atoms in total. The van der Waals surface area contributed by atoms with Gasteiger partial charge in [0.1, 0.15) is 15.7 Å². The van der Waals surface area contributed by atoms with Crippen LogP contribution in [0, 0.1) is 5.41 Å². The molecule has 0 unspecified atom stereocenters. The van der Waals surface area contributed by atoms with Crippen LogP contribution in [0.2, 0.25) is 5.02 Å². The van der Waals surface area contributed by atoms with E-state index in [0.29, 0.717) is 32.1 Å². The lowest BCUT2D eigenvalue weighted by Crippen LogP contribution is -2.42. The average Bonchev–Trinajstić information content (AvgIpc) is 3.18. The molecule has 29 heavy (non-hydrogen) atoms. The third kappa shape index (κ3) is 3.80. The van der Waals surface area contributed by atoms with Gasteiger partial charge in [0.25, 0.3) is 5.56 Å². The highest BCUT2D eigenvalue weighted by Crippen LogP contribution is 2.46. The third-order valence-corrected chi connectivity index (χ3v) is 7.88. The Kier molecular flexibility index (Phi) is 5.66. The van der Waals surface area contributed by atoms with Crippen LogP contribution in [0.25, 0.3) is 0 Å². The number of rotatable bonds is 4. The molecule has 1 spiro atoms. The second kappa shape index (κ2) is 8.07. The van der Waals surface area contributed by atoms with Crippen LogP contribution in [-0.4, -0.2) is 34.7 Å². The summed E-state index contributed by atoms with van der Waals surface area (Å²) in [5.74, 6) is 1.18. The van der Waals surface area contributed by atoms with Crippen LogP contribution >= 0.6 is 23.4 Å². The van der Waals surface area contributed by atoms with Crippen LogP contribution in [0.5, 0.6) is 5.88 Å². The summed E-state index contributed by atoms with van der Waals surface area (Å²) in [6.07, 6.45) is 9.26. The van der Waals surface area contributed by atoms with E-state index in [0.717, 1.165) is 25.9 Å². The summed E-state index contributed by atoms with van der Waals surface area (Å²) >= 11 is 7.52. The van der Waals surface area contributed by atoms with Gasteiger partial charge in [0.2, 0.25) is 11.8 Å². The Balaban J connectivity index is 1.59. The van der Waals surface area contributed by atoms with Crippen molar-refractivity contribution in [3.8, 4) is 5.88 Å². The van der Waals surface area contributed by atoms with Crippen molar-refractivity contribution in [3.63, 3.8) is 0 Å². The number of piperidine rings is 1. The number of methoxy groups -OCH3 is 1. The van der Waals surface area contributed by atoms with Crippen LogP contribution in [0.3, 0.4) is 0 Å². The highest BCUT2D eigenvalue weighted by Gasteiger charge is 2.37. The quantitative estimate of drug-likeness (QED) is 0.782. The second-order valence-electron chi connectivity index (χ2n) is 7.92. The van der Waals surface area contributed by atoms with Crippen molar-refractivity contribution in [1.29, 1.82) is 0 Å². The van der Waals surface area contributed by atoms with Crippen LogP contribution in [-0.2, 0) is 7.05 Å². The van der Waals surface area contributed by atoms with Gasteiger partial charge in [0, 0.05) is 31.2 Å². The number of hydrogen-bond donors (Lipinski definition) is 1. The van der Waals surface area contributed by atoms with Crippen LogP contribution in [0.1, 0.15) is 38.5 Å². The topological polar surface area (TPSA) is 86.3 Å². The number of aromatic nitrogens is 3. The monoisotopic (exact) mass is 435 g/mol. The molecule has 2 N–H and O–H groups in total. The molecule has 1 saturated carbocycles. The molecule has 0 bridgehead atoms. The van der Waals surface area contributed by atoms with Crippen molar-refractivity contribution in [1.82, 2.24) is 14.5 Å². The van der Waals surface area contributed by atoms with Gasteiger partial charge in [-0.25, -0.2) is 4.98 Å². The molecule has 1 aliphatic heterocycles. The predicted octanol–water partition coefficient (Wildman–Crippen LogP) is 3.73. The largest absolute Gasteiger partial charge is 0.480 e. The third-order valence-electron chi connectivity index (χ3n) is 6.25. The molecule has 4 rings (SSSR count). The Morgan fingerprint density at radius 2 is 1.93 bits per heavy atom. The number of nitrogens with zero attached hydrogens (tertiary/aromatic N) is 4. The number of pyridine rings is 1. The van der Waals surface area contributed by atoms with E-state index < -0.39 is 0 Å². The zero-order chi connectivity index (χ0) is 20.6. The molecular weight excluding hydrogens is 410 g/mol. The SMILES string of the molecule is COc1nccc(Sc2c(N)nc(N3CCC4(CCCC4)CC3)n(C)c2=O)c1Cl. The minimum Gasteiger partial charge on any atom is -0.480 e. The van der Waals surface area contributed by atoms with Gasteiger partial charge in [-0.3, -0.25) is 9.36 Å². The van der Waals surface area contributed by atoms with E-state index in [1.54, 1.807) is 23.9 Å². The van der Waals surface area contributed by atoms with Crippen LogP contribution in [0.4, 0.5) is 11.8 Å². The summed E-state index contributed by atoms with van der Waals surface area (Å²) in [5.41, 5.74) is 6.55. The maximum atomic E-state index is 13.1. The highest BCUT2D eigenvalue weighted by molar-refractivity contribution is 7.99. The van der Waals surface area contributed by atoms with E-state index in [2.05, 4.69) is 14.9 Å². The number of halogens is 1. The van der Waals surface area contributed by atoms with Gasteiger partial charge in [-0.2, -0.15) is 4.98 Å². The summed E-state index contributed by atoms with van der Waals surface area (Å²) in [6.45, 7) is 1.83. The lowest BCUT2D eigenvalue weighted by Gasteiger charge is -2.40. The predicted molar refractivity (Wildman–Crippen MR) is 116 cm³/mol. The van der Waals surface area contributed by atoms with E-state index >= 15 is 0 Å². The van der Waals surface area contributed by atoms with Gasteiger partial charge < -0.3 is 15.4 Å². The first-order chi connectivity index (χ1) is 13.9. The maximum Gasteiger partial charge on any atom is 0.270 e. The van der Waals surface area contributed by atoms with E-state index in [9.17, 15) is 4.79 Å². The molecule has 0 radical (unpaired) electrons. The minimum atomic E-state index is -0.175. The number of anilines is 2. The molecule has 3 heterocycles. The first kappa shape index (κ1) is 20.3. The highest BCUT2D eigenvalue weighted by atomic mass is 35.5. The Bertz CT molecular complexity index is 964. The molecule has 0 atom stereocenters. The summed E-state index contributed by atoms with van der Waals surface area (Å²) in [6, 6.07) is 1.73. The Labute approximate surface area is 179 Å². The van der Waals surface area contributed by atoms with Crippen LogP contribution in [0.15, 0.2) is 26.8 Å². The number of ether oxygens (including phenoxy) is 1. The number of nitrogen functional groups attached to an aromatic ring is 1. The van der Waals surface area contributed by atoms with Gasteiger partial charge in [0.05, 0.1) is 7.11 Å². The molecule has 1 saturated heterocycles. The minimum absolute atomic E-state index is 0.175. The molecule has 0 aromatic carbocycles. The van der Waals surface area contributed by atoms with Crippen molar-refractivity contribution >= 4 is 35.1 Å². The maximum absolute atomic E-state index is 13.1. The first-order valence-corrected chi connectivity index (χ1v) is 11.1. The fraction of sp³-hybridized carbons (Fsp3) is 0.550. The molecule has 9 heteroatoms. The van der Waals surface area contributed by atoms with E-state index in [-0.39, 0.29) is 11.4 Å². The van der Waals surface area contributed by atoms with Gasteiger partial charge in [-0.1, -0.05) is 36.2 Å². The van der Waals surface area contributed by atoms with Crippen molar-refractivity contribution in [3.05, 3.63) is 27.6 Å². The van der Waals surface area contributed by atoms with Crippen LogP contribution < -0.4 is 20.9 Å². The summed E-state index contributed by atoms with van der Waals surface area (Å²) in [7, 11) is 3.25. The number of hydrogen-bond acceptors (Lipinski definition) is 7. The normalized spacial score (nSPS) is 18.4. The molecule has 0 amide bonds. The fourth-order valence-electron chi connectivity index (χ4n) is 4.51. The molecular formula is C20H26ClN5O2S. The standard InChI is InChI=1S/C20H26ClN5O2S/c1-25-18(27)15(29-13-5-10-23-17(28-2)14(13)21)16(22)24-19(25)26-11-8-20(9-12-26)6-3-4-7-20/h5,10H,3-4,6-9,11-12,22H2,1-2H3. The lowest BCUT2D eigenvalue weighted by atomic mass is 9.77. The van der Waals surface area contributed by atoms with Crippen molar-refractivity contribution < 1.29 is 4.74 Å². The van der Waals surface area contributed by atoms with Crippen molar-refractivity contribution in [2.45, 2.75) is 48.3 Å². The summed E-state index contributed by atoms with van der Waals surface area (Å²) in [5, 5.41) is 0.350. The van der Waals surface area contributed by atoms with Crippen molar-refractivity contribution in [2.24, 2.45) is 12.5 Å². The molecule has 2 aromatic heterocycles. The van der Waals surface area contributed by atoms with Gasteiger partial charge in [0.15, 0.2) is 0 Å². The molecule has 1 aliphatic carbocycles. The zero-order valence-corrected chi connectivity index (χ0v) is 18.4. The molecule has 2 aromatic rings. The molecule has 2 fully saturated rings. The Morgan fingerprint density at radius 1 is 1.24 bits per heavy atom. The average molecular weight is 436 g/mol. The van der Waals surface area contributed by atoms with Gasteiger partial charge >= 0.3 is 0 Å². The van der Waals surface area contributed by atoms with Crippen molar-refractivity contribution in [2.75, 3.05) is 30.8 Å². The zero-order valence-electron chi connectivity index (χ0n) is 16.8. The Hall–Kier alpha value is -1.93. The van der Waals surface area contributed by atoms with Gasteiger partial charge in [-0.05, 0) is 37.2 Å². The fourth-order valence-corrected chi connectivity index (χ4v) is 5.71. The second-order valence-corrected chi connectivity index (χ2v) is 9.35. The van der Waals surface area contributed by atoms with Gasteiger partial charge in [-0.15, -0.1) is 0 Å².